The summed E-state index contributed by atoms with van der Waals surface area (Å²) in [6.45, 7) is 2.05. The smallest absolute Gasteiger partial charge is 0.257 e. The van der Waals surface area contributed by atoms with Gasteiger partial charge in [0.2, 0.25) is 0 Å². The Bertz CT molecular complexity index is 934. The van der Waals surface area contributed by atoms with Gasteiger partial charge in [-0.3, -0.25) is 4.79 Å². The number of nitrogens with one attached hydrogen (secondary N) is 1. The second-order valence-electron chi connectivity index (χ2n) is 5.35. The van der Waals surface area contributed by atoms with Crippen LogP contribution in [-0.4, -0.2) is 21.9 Å². The van der Waals surface area contributed by atoms with Crippen molar-refractivity contribution in [3.63, 3.8) is 0 Å². The fraction of sp³-hybridized carbons (Fsp3) is 0.105. The van der Waals surface area contributed by atoms with Gasteiger partial charge in [0.25, 0.3) is 5.91 Å². The Balaban J connectivity index is 1.81. The van der Waals surface area contributed by atoms with E-state index < -0.39 is 11.7 Å². The minimum Gasteiger partial charge on any atom is -0.322 e. The molecule has 0 radical (unpaired) electrons. The molecule has 3 aromatic rings. The van der Waals surface area contributed by atoms with E-state index in [4.69, 9.17) is 11.6 Å². The SMILES string of the molecule is CCSc1ccc(-c2cccc(NC(=O)c3cc(F)ccc3Cl)c2)nn1. The van der Waals surface area contributed by atoms with E-state index in [9.17, 15) is 9.18 Å². The Hall–Kier alpha value is -2.44. The molecular weight excluding hydrogens is 373 g/mol. The second kappa shape index (κ2) is 8.29. The van der Waals surface area contributed by atoms with Crippen molar-refractivity contribution in [3.05, 3.63) is 71.0 Å². The molecule has 0 unspecified atom stereocenters. The molecule has 1 heterocycles. The zero-order valence-corrected chi connectivity index (χ0v) is 15.4. The van der Waals surface area contributed by atoms with Gasteiger partial charge in [-0.1, -0.05) is 30.7 Å². The molecule has 7 heteroatoms. The number of anilines is 1. The molecule has 4 nitrogen and oxygen atoms in total. The van der Waals surface area contributed by atoms with Gasteiger partial charge in [-0.25, -0.2) is 4.39 Å². The number of halogens is 2. The molecule has 0 aliphatic heterocycles. The molecule has 0 spiro atoms. The summed E-state index contributed by atoms with van der Waals surface area (Å²) in [5, 5.41) is 12.2. The zero-order chi connectivity index (χ0) is 18.5. The molecule has 0 atom stereocenters. The minimum atomic E-state index is -0.520. The van der Waals surface area contributed by atoms with E-state index in [1.165, 1.54) is 12.1 Å². The molecule has 1 N–H and O–H groups in total. The highest BCUT2D eigenvalue weighted by Gasteiger charge is 2.12. The minimum absolute atomic E-state index is 0.0813. The topological polar surface area (TPSA) is 54.9 Å². The first-order valence-electron chi connectivity index (χ1n) is 7.90. The molecule has 1 aromatic heterocycles. The number of thioether (sulfide) groups is 1. The van der Waals surface area contributed by atoms with E-state index in [2.05, 4.69) is 22.4 Å². The Labute approximate surface area is 159 Å². The molecule has 0 bridgehead atoms. The van der Waals surface area contributed by atoms with Crippen LogP contribution in [0.15, 0.2) is 59.6 Å². The zero-order valence-electron chi connectivity index (χ0n) is 13.9. The van der Waals surface area contributed by atoms with Crippen LogP contribution in [0.5, 0.6) is 0 Å². The van der Waals surface area contributed by atoms with Gasteiger partial charge in [-0.2, -0.15) is 0 Å². The fourth-order valence-corrected chi connectivity index (χ4v) is 3.09. The van der Waals surface area contributed by atoms with Crippen LogP contribution in [0.3, 0.4) is 0 Å². The lowest BCUT2D eigenvalue weighted by molar-refractivity contribution is 0.102. The number of amides is 1. The third-order valence-electron chi connectivity index (χ3n) is 3.52. The molecule has 2 aromatic carbocycles. The lowest BCUT2D eigenvalue weighted by atomic mass is 10.1. The predicted octanol–water partition coefficient (Wildman–Crippen LogP) is 5.30. The summed E-state index contributed by atoms with van der Waals surface area (Å²) in [6, 6.07) is 14.7. The highest BCUT2D eigenvalue weighted by Crippen LogP contribution is 2.24. The number of nitrogens with zero attached hydrogens (tertiary/aromatic N) is 2. The Morgan fingerprint density at radius 2 is 2.00 bits per heavy atom. The van der Waals surface area contributed by atoms with E-state index in [-0.39, 0.29) is 10.6 Å². The fourth-order valence-electron chi connectivity index (χ4n) is 2.33. The Kier molecular flexibility index (Phi) is 5.85. The van der Waals surface area contributed by atoms with Crippen molar-refractivity contribution in [2.24, 2.45) is 0 Å². The summed E-state index contributed by atoms with van der Waals surface area (Å²) in [5.74, 6) is -0.0703. The van der Waals surface area contributed by atoms with Crippen molar-refractivity contribution in [2.45, 2.75) is 11.9 Å². The molecule has 0 saturated heterocycles. The molecule has 0 fully saturated rings. The van der Waals surface area contributed by atoms with Crippen LogP contribution in [0.25, 0.3) is 11.3 Å². The monoisotopic (exact) mass is 387 g/mol. The predicted molar refractivity (Wildman–Crippen MR) is 103 cm³/mol. The number of benzene rings is 2. The van der Waals surface area contributed by atoms with Gasteiger partial charge in [0.05, 0.1) is 16.3 Å². The number of carbonyl (C=O) groups excluding carboxylic acids is 1. The molecule has 0 aliphatic rings. The molecule has 0 aliphatic carbocycles. The molecule has 132 valence electrons. The lowest BCUT2D eigenvalue weighted by Crippen LogP contribution is -2.12. The summed E-state index contributed by atoms with van der Waals surface area (Å²) in [4.78, 5) is 12.4. The van der Waals surface area contributed by atoms with Crippen LogP contribution in [0.4, 0.5) is 10.1 Å². The molecule has 1 amide bonds. The van der Waals surface area contributed by atoms with Gasteiger partial charge in [0.1, 0.15) is 10.8 Å². The maximum atomic E-state index is 13.4. The quantitative estimate of drug-likeness (QED) is 0.603. The van der Waals surface area contributed by atoms with Crippen molar-refractivity contribution >= 4 is 35.0 Å². The largest absolute Gasteiger partial charge is 0.322 e. The second-order valence-corrected chi connectivity index (χ2v) is 7.04. The van der Waals surface area contributed by atoms with Gasteiger partial charge in [-0.05, 0) is 48.2 Å². The standard InChI is InChI=1S/C19H15ClFN3OS/c1-2-26-18-9-8-17(23-24-18)12-4-3-5-14(10-12)22-19(25)15-11-13(21)6-7-16(15)20/h3-11H,2H2,1H3,(H,22,25). The van der Waals surface area contributed by atoms with Crippen LogP contribution >= 0.6 is 23.4 Å². The first-order valence-corrected chi connectivity index (χ1v) is 9.26. The maximum absolute atomic E-state index is 13.4. The average Bonchev–Trinajstić information content (AvgIpc) is 2.65. The van der Waals surface area contributed by atoms with Crippen molar-refractivity contribution in [2.75, 3.05) is 11.1 Å². The number of hydrogen-bond acceptors (Lipinski definition) is 4. The van der Waals surface area contributed by atoms with E-state index in [0.29, 0.717) is 11.4 Å². The average molecular weight is 388 g/mol. The van der Waals surface area contributed by atoms with Crippen LogP contribution in [0.1, 0.15) is 17.3 Å². The molecule has 26 heavy (non-hydrogen) atoms. The lowest BCUT2D eigenvalue weighted by Gasteiger charge is -2.09. The van der Waals surface area contributed by atoms with E-state index in [1.807, 2.05) is 18.2 Å². The van der Waals surface area contributed by atoms with E-state index >= 15 is 0 Å². The van der Waals surface area contributed by atoms with E-state index in [1.54, 1.807) is 30.0 Å². The number of carbonyl (C=O) groups is 1. The summed E-state index contributed by atoms with van der Waals surface area (Å²) >= 11 is 7.59. The normalized spacial score (nSPS) is 10.6. The van der Waals surface area contributed by atoms with Gasteiger partial charge in [0, 0.05) is 11.3 Å². The molecule has 3 rings (SSSR count). The third-order valence-corrected chi connectivity index (χ3v) is 4.65. The van der Waals surface area contributed by atoms with Crippen LogP contribution < -0.4 is 5.32 Å². The Morgan fingerprint density at radius 3 is 2.73 bits per heavy atom. The van der Waals surface area contributed by atoms with Crippen molar-refractivity contribution in [1.82, 2.24) is 10.2 Å². The van der Waals surface area contributed by atoms with Crippen molar-refractivity contribution < 1.29 is 9.18 Å². The summed E-state index contributed by atoms with van der Waals surface area (Å²) in [6.07, 6.45) is 0. The van der Waals surface area contributed by atoms with Crippen LogP contribution in [-0.2, 0) is 0 Å². The maximum Gasteiger partial charge on any atom is 0.257 e. The number of hydrogen-bond donors (Lipinski definition) is 1. The van der Waals surface area contributed by atoms with Crippen LogP contribution in [0, 0.1) is 5.82 Å². The van der Waals surface area contributed by atoms with Gasteiger partial charge in [-0.15, -0.1) is 22.0 Å². The van der Waals surface area contributed by atoms with Crippen molar-refractivity contribution in [3.8, 4) is 11.3 Å². The summed E-state index contributed by atoms with van der Waals surface area (Å²) < 4.78 is 13.4. The highest BCUT2D eigenvalue weighted by molar-refractivity contribution is 7.99. The number of aromatic nitrogens is 2. The van der Waals surface area contributed by atoms with Gasteiger partial charge >= 0.3 is 0 Å². The highest BCUT2D eigenvalue weighted by atomic mass is 35.5. The molecule has 0 saturated carbocycles. The summed E-state index contributed by atoms with van der Waals surface area (Å²) in [5.41, 5.74) is 2.15. The molecular formula is C19H15ClFN3OS. The number of rotatable bonds is 5. The van der Waals surface area contributed by atoms with E-state index in [0.717, 1.165) is 22.4 Å². The first kappa shape index (κ1) is 18.4. The van der Waals surface area contributed by atoms with Crippen LogP contribution in [0.2, 0.25) is 5.02 Å². The summed E-state index contributed by atoms with van der Waals surface area (Å²) in [7, 11) is 0. The Morgan fingerprint density at radius 1 is 1.15 bits per heavy atom. The van der Waals surface area contributed by atoms with Gasteiger partial charge < -0.3 is 5.32 Å². The van der Waals surface area contributed by atoms with Gasteiger partial charge in [0.15, 0.2) is 0 Å². The third kappa shape index (κ3) is 4.39. The van der Waals surface area contributed by atoms with Crippen molar-refractivity contribution in [1.29, 1.82) is 0 Å². The first-order chi connectivity index (χ1) is 12.6.